The zero-order chi connectivity index (χ0) is 9.80. The van der Waals surface area contributed by atoms with Crippen molar-refractivity contribution in [3.63, 3.8) is 0 Å². The molecule has 4 nitrogen and oxygen atoms in total. The third-order valence-corrected chi connectivity index (χ3v) is 1.80. The highest BCUT2D eigenvalue weighted by Gasteiger charge is 1.96. The summed E-state index contributed by atoms with van der Waals surface area (Å²) < 4.78 is 5.43. The topological polar surface area (TPSA) is 58.1 Å². The molecule has 1 aromatic heterocycles. The van der Waals surface area contributed by atoms with Crippen LogP contribution in [-0.4, -0.2) is 15.3 Å². The van der Waals surface area contributed by atoms with Gasteiger partial charge in [0.05, 0.1) is 6.20 Å². The van der Waals surface area contributed by atoms with Gasteiger partial charge in [-0.25, -0.2) is 0 Å². The van der Waals surface area contributed by atoms with Crippen molar-refractivity contribution >= 4 is 0 Å². The Morgan fingerprint density at radius 1 is 1.29 bits per heavy atom. The first kappa shape index (κ1) is 8.62. The Morgan fingerprint density at radius 3 is 2.71 bits per heavy atom. The lowest BCUT2D eigenvalue weighted by Gasteiger charge is -2.03. The summed E-state index contributed by atoms with van der Waals surface area (Å²) in [5, 5.41) is 15.5. The minimum absolute atomic E-state index is 0.237. The summed E-state index contributed by atoms with van der Waals surface area (Å²) in [5.74, 6) is 0.963. The van der Waals surface area contributed by atoms with Crippen LogP contribution in [0.4, 0.5) is 0 Å². The zero-order valence-electron chi connectivity index (χ0n) is 7.47. The second-order valence-electron chi connectivity index (χ2n) is 2.89. The second kappa shape index (κ2) is 3.83. The van der Waals surface area contributed by atoms with E-state index in [4.69, 9.17) is 9.84 Å². The molecule has 14 heavy (non-hydrogen) atoms. The molecule has 0 aliphatic carbocycles. The monoisotopic (exact) mass is 190 g/mol. The molecule has 2 aromatic rings. The molecule has 0 atom stereocenters. The lowest BCUT2D eigenvalue weighted by molar-refractivity contribution is 0.305. The molecule has 1 aromatic carbocycles. The quantitative estimate of drug-likeness (QED) is 0.774. The largest absolute Gasteiger partial charge is 0.508 e. The number of H-pyrrole nitrogens is 1. The molecule has 0 amide bonds. The molecule has 0 radical (unpaired) electrons. The summed E-state index contributed by atoms with van der Waals surface area (Å²) in [5.41, 5.74) is 0.984. The summed E-state index contributed by atoms with van der Waals surface area (Å²) >= 11 is 0. The minimum atomic E-state index is 0.237. The van der Waals surface area contributed by atoms with Crippen molar-refractivity contribution in [1.29, 1.82) is 0 Å². The summed E-state index contributed by atoms with van der Waals surface area (Å²) in [7, 11) is 0. The predicted octanol–water partition coefficient (Wildman–Crippen LogP) is 1.69. The standard InChI is InChI=1S/C10H10N2O2/c13-9-1-3-10(4-2-9)14-7-8-5-11-12-6-8/h1-6,13H,7H2,(H,11,12). The molecule has 0 spiro atoms. The van der Waals surface area contributed by atoms with Gasteiger partial charge in [0.25, 0.3) is 0 Å². The number of aromatic nitrogens is 2. The Bertz CT molecular complexity index is 381. The molecule has 0 saturated carbocycles. The minimum Gasteiger partial charge on any atom is -0.508 e. The molecule has 1 heterocycles. The molecule has 72 valence electrons. The Balaban J connectivity index is 1.95. The number of rotatable bonds is 3. The van der Waals surface area contributed by atoms with Crippen LogP contribution < -0.4 is 4.74 Å². The van der Waals surface area contributed by atoms with Crippen LogP contribution in [0.15, 0.2) is 36.7 Å². The van der Waals surface area contributed by atoms with Crippen molar-refractivity contribution in [3.8, 4) is 11.5 Å². The van der Waals surface area contributed by atoms with Crippen molar-refractivity contribution in [2.45, 2.75) is 6.61 Å². The molecular formula is C10H10N2O2. The first-order chi connectivity index (χ1) is 6.84. The van der Waals surface area contributed by atoms with Crippen LogP contribution in [0.1, 0.15) is 5.56 Å². The fourth-order valence-electron chi connectivity index (χ4n) is 1.07. The van der Waals surface area contributed by atoms with Crippen LogP contribution in [0.3, 0.4) is 0 Å². The number of nitrogens with zero attached hydrogens (tertiary/aromatic N) is 1. The van der Waals surface area contributed by atoms with Crippen molar-refractivity contribution in [3.05, 3.63) is 42.2 Å². The first-order valence-corrected chi connectivity index (χ1v) is 4.24. The van der Waals surface area contributed by atoms with Crippen LogP contribution in [0.5, 0.6) is 11.5 Å². The number of hydrogen-bond acceptors (Lipinski definition) is 3. The Labute approximate surface area is 81.2 Å². The van der Waals surface area contributed by atoms with Gasteiger partial charge in [-0.05, 0) is 24.3 Å². The normalized spacial score (nSPS) is 10.0. The number of nitrogens with one attached hydrogen (secondary N) is 1. The van der Waals surface area contributed by atoms with E-state index in [9.17, 15) is 0 Å². The number of hydrogen-bond donors (Lipinski definition) is 2. The van der Waals surface area contributed by atoms with E-state index < -0.39 is 0 Å². The lowest BCUT2D eigenvalue weighted by Crippen LogP contribution is -1.92. The smallest absolute Gasteiger partial charge is 0.120 e. The highest BCUT2D eigenvalue weighted by atomic mass is 16.5. The molecule has 0 fully saturated rings. The van der Waals surface area contributed by atoms with Crippen LogP contribution in [0, 0.1) is 0 Å². The van der Waals surface area contributed by atoms with E-state index in [1.807, 2.05) is 0 Å². The maximum absolute atomic E-state index is 9.04. The van der Waals surface area contributed by atoms with Crippen LogP contribution >= 0.6 is 0 Å². The maximum atomic E-state index is 9.04. The van der Waals surface area contributed by atoms with Gasteiger partial charge in [0.2, 0.25) is 0 Å². The third-order valence-electron chi connectivity index (χ3n) is 1.80. The number of phenolic OH excluding ortho intramolecular Hbond substituents is 1. The van der Waals surface area contributed by atoms with Gasteiger partial charge in [0.15, 0.2) is 0 Å². The second-order valence-corrected chi connectivity index (χ2v) is 2.89. The van der Waals surface area contributed by atoms with Crippen molar-refractivity contribution in [2.24, 2.45) is 0 Å². The highest BCUT2D eigenvalue weighted by molar-refractivity contribution is 5.30. The van der Waals surface area contributed by atoms with Gasteiger partial charge in [-0.3, -0.25) is 5.10 Å². The lowest BCUT2D eigenvalue weighted by atomic mass is 10.3. The first-order valence-electron chi connectivity index (χ1n) is 4.24. The molecular weight excluding hydrogens is 180 g/mol. The fraction of sp³-hybridized carbons (Fsp3) is 0.100. The van der Waals surface area contributed by atoms with E-state index in [1.54, 1.807) is 36.7 Å². The number of aromatic hydroxyl groups is 1. The van der Waals surface area contributed by atoms with E-state index in [2.05, 4.69) is 10.2 Å². The zero-order valence-corrected chi connectivity index (χ0v) is 7.47. The van der Waals surface area contributed by atoms with Gasteiger partial charge in [0, 0.05) is 11.8 Å². The molecule has 2 N–H and O–H groups in total. The highest BCUT2D eigenvalue weighted by Crippen LogP contribution is 2.16. The summed E-state index contributed by atoms with van der Waals surface area (Å²) in [6.45, 7) is 0.473. The van der Waals surface area contributed by atoms with Gasteiger partial charge < -0.3 is 9.84 Å². The summed E-state index contributed by atoms with van der Waals surface area (Å²) in [6.07, 6.45) is 3.49. The van der Waals surface area contributed by atoms with Gasteiger partial charge in [-0.1, -0.05) is 0 Å². The number of benzene rings is 1. The molecule has 0 unspecified atom stereocenters. The number of phenols is 1. The van der Waals surface area contributed by atoms with E-state index >= 15 is 0 Å². The van der Waals surface area contributed by atoms with Crippen molar-refractivity contribution in [2.75, 3.05) is 0 Å². The SMILES string of the molecule is Oc1ccc(OCc2cn[nH]c2)cc1. The number of ether oxygens (including phenoxy) is 1. The van der Waals surface area contributed by atoms with Gasteiger partial charge >= 0.3 is 0 Å². The average Bonchev–Trinajstić information content (AvgIpc) is 2.70. The van der Waals surface area contributed by atoms with Crippen LogP contribution in [0.25, 0.3) is 0 Å². The van der Waals surface area contributed by atoms with E-state index in [-0.39, 0.29) is 5.75 Å². The maximum Gasteiger partial charge on any atom is 0.120 e. The Morgan fingerprint density at radius 2 is 2.07 bits per heavy atom. The van der Waals surface area contributed by atoms with E-state index in [0.717, 1.165) is 11.3 Å². The summed E-state index contributed by atoms with van der Waals surface area (Å²) in [6, 6.07) is 6.61. The van der Waals surface area contributed by atoms with Crippen LogP contribution in [0.2, 0.25) is 0 Å². The third kappa shape index (κ3) is 2.04. The number of aromatic amines is 1. The van der Waals surface area contributed by atoms with Crippen LogP contribution in [-0.2, 0) is 6.61 Å². The van der Waals surface area contributed by atoms with Gasteiger partial charge in [-0.2, -0.15) is 5.10 Å². The molecule has 0 aliphatic heterocycles. The molecule has 4 heteroatoms. The Hall–Kier alpha value is -1.97. The van der Waals surface area contributed by atoms with E-state index in [1.165, 1.54) is 0 Å². The Kier molecular flexibility index (Phi) is 2.36. The van der Waals surface area contributed by atoms with Gasteiger partial charge in [0.1, 0.15) is 18.1 Å². The molecule has 2 rings (SSSR count). The van der Waals surface area contributed by atoms with E-state index in [0.29, 0.717) is 6.61 Å². The summed E-state index contributed by atoms with van der Waals surface area (Å²) in [4.78, 5) is 0. The molecule has 0 bridgehead atoms. The predicted molar refractivity (Wildman–Crippen MR) is 51.0 cm³/mol. The molecule has 0 aliphatic rings. The van der Waals surface area contributed by atoms with Crippen molar-refractivity contribution < 1.29 is 9.84 Å². The van der Waals surface area contributed by atoms with Crippen molar-refractivity contribution in [1.82, 2.24) is 10.2 Å². The molecule has 0 saturated heterocycles. The fourth-order valence-corrected chi connectivity index (χ4v) is 1.07. The average molecular weight is 190 g/mol. The van der Waals surface area contributed by atoms with Gasteiger partial charge in [-0.15, -0.1) is 0 Å².